The Morgan fingerprint density at radius 3 is 2.08 bits per heavy atom. The maximum absolute atomic E-state index is 14.2. The molecule has 0 saturated carbocycles. The number of alkyl carbamates (subject to hydrolysis) is 2. The number of rotatable bonds is 11. The average molecular weight is 889 g/mol. The van der Waals surface area contributed by atoms with Crippen molar-refractivity contribution in [3.63, 3.8) is 0 Å². The molecule has 15 nitrogen and oxygen atoms in total. The van der Waals surface area contributed by atoms with Crippen LogP contribution in [0.3, 0.4) is 0 Å². The zero-order chi connectivity index (χ0) is 45.5. The number of amides is 4. The number of likely N-dealkylation sites (tertiary alicyclic amines) is 2. The van der Waals surface area contributed by atoms with Crippen LogP contribution in [-0.2, 0) is 23.8 Å². The minimum absolute atomic E-state index is 0.115. The van der Waals surface area contributed by atoms with Crippen LogP contribution in [0, 0.1) is 5.92 Å². The topological polar surface area (TPSA) is 184 Å². The lowest BCUT2D eigenvalue weighted by molar-refractivity contribution is -0.136. The third kappa shape index (κ3) is 8.30. The SMILES string of the molecule is COC(=O)N[C@H](C(=O)N1CCC[C@H]1c1nc2c(ccc3cc(-c4ccc5cc(-c6cnc([C@@H]7CCCN7C(=O)[C@H](NC(=O)OC7COC7)c7ccccc7)[nH]6)ccc5c4)ccc32)[nH]1)C(C)C. The van der Waals surface area contributed by atoms with Gasteiger partial charge in [0.05, 0.1) is 55.3 Å². The monoisotopic (exact) mass is 888 g/mol. The summed E-state index contributed by atoms with van der Waals surface area (Å²) in [5.74, 6) is 0.974. The lowest BCUT2D eigenvalue weighted by atomic mass is 9.97. The lowest BCUT2D eigenvalue weighted by Crippen LogP contribution is -2.51. The molecule has 4 N–H and O–H groups in total. The highest BCUT2D eigenvalue weighted by Crippen LogP contribution is 2.37. The van der Waals surface area contributed by atoms with Gasteiger partial charge in [0.1, 0.15) is 23.7 Å². The first-order chi connectivity index (χ1) is 32.1. The van der Waals surface area contributed by atoms with Gasteiger partial charge in [0.2, 0.25) is 5.91 Å². The number of fused-ring (bicyclic) bond motifs is 4. The molecule has 0 bridgehead atoms. The molecule has 7 aromatic rings. The van der Waals surface area contributed by atoms with Crippen molar-refractivity contribution in [3.05, 3.63) is 120 Å². The second-order valence-electron chi connectivity index (χ2n) is 17.8. The Hall–Kier alpha value is -7.26. The third-order valence-electron chi connectivity index (χ3n) is 13.2. The lowest BCUT2D eigenvalue weighted by Gasteiger charge is -2.30. The highest BCUT2D eigenvalue weighted by Gasteiger charge is 2.39. The van der Waals surface area contributed by atoms with Crippen LogP contribution in [0.1, 0.15) is 74.9 Å². The van der Waals surface area contributed by atoms with Gasteiger partial charge in [-0.3, -0.25) is 9.59 Å². The van der Waals surface area contributed by atoms with Crippen LogP contribution in [0.15, 0.2) is 103 Å². The number of benzene rings is 5. The van der Waals surface area contributed by atoms with Gasteiger partial charge < -0.3 is 44.6 Å². The van der Waals surface area contributed by atoms with E-state index in [0.29, 0.717) is 37.7 Å². The van der Waals surface area contributed by atoms with Crippen LogP contribution in [0.25, 0.3) is 55.0 Å². The number of carbonyl (C=O) groups is 4. The minimum Gasteiger partial charge on any atom is -0.453 e. The molecule has 338 valence electrons. The van der Waals surface area contributed by atoms with Gasteiger partial charge in [-0.15, -0.1) is 0 Å². The van der Waals surface area contributed by atoms with E-state index in [-0.39, 0.29) is 35.9 Å². The Morgan fingerprint density at radius 1 is 0.727 bits per heavy atom. The highest BCUT2D eigenvalue weighted by molar-refractivity contribution is 6.06. The van der Waals surface area contributed by atoms with Crippen molar-refractivity contribution in [1.82, 2.24) is 40.4 Å². The van der Waals surface area contributed by atoms with Crippen LogP contribution in [0.4, 0.5) is 9.59 Å². The minimum atomic E-state index is -0.910. The molecular weight excluding hydrogens is 837 g/mol. The van der Waals surface area contributed by atoms with E-state index < -0.39 is 24.3 Å². The van der Waals surface area contributed by atoms with Crippen LogP contribution in [0.2, 0.25) is 0 Å². The third-order valence-corrected chi connectivity index (χ3v) is 13.2. The molecule has 4 atom stereocenters. The van der Waals surface area contributed by atoms with E-state index in [1.54, 1.807) is 0 Å². The number of hydrogen-bond acceptors (Lipinski definition) is 9. The van der Waals surface area contributed by atoms with Gasteiger partial charge in [-0.1, -0.05) is 86.6 Å². The number of H-pyrrole nitrogens is 2. The van der Waals surface area contributed by atoms with Crippen molar-refractivity contribution in [3.8, 4) is 22.4 Å². The maximum atomic E-state index is 14.2. The number of methoxy groups -OCH3 is 1. The van der Waals surface area contributed by atoms with E-state index in [2.05, 4.69) is 81.3 Å². The van der Waals surface area contributed by atoms with Crippen molar-refractivity contribution in [2.75, 3.05) is 33.4 Å². The number of nitrogens with zero attached hydrogens (tertiary/aromatic N) is 4. The van der Waals surface area contributed by atoms with Gasteiger partial charge in [0.15, 0.2) is 6.10 Å². The number of aromatic nitrogens is 4. The second-order valence-corrected chi connectivity index (χ2v) is 17.8. The van der Waals surface area contributed by atoms with E-state index in [1.807, 2.05) is 66.2 Å². The van der Waals surface area contributed by atoms with Gasteiger partial charge in [-0.2, -0.15) is 0 Å². The first kappa shape index (κ1) is 42.7. The molecule has 0 spiro atoms. The predicted octanol–water partition coefficient (Wildman–Crippen LogP) is 8.50. The Morgan fingerprint density at radius 2 is 1.38 bits per heavy atom. The van der Waals surface area contributed by atoms with E-state index in [1.165, 1.54) is 7.11 Å². The summed E-state index contributed by atoms with van der Waals surface area (Å²) in [5.41, 5.74) is 6.43. The molecule has 0 aliphatic carbocycles. The summed E-state index contributed by atoms with van der Waals surface area (Å²) in [5, 5.41) is 9.79. The molecule has 3 fully saturated rings. The fourth-order valence-electron chi connectivity index (χ4n) is 9.60. The van der Waals surface area contributed by atoms with Gasteiger partial charge in [0.25, 0.3) is 5.91 Å². The molecule has 66 heavy (non-hydrogen) atoms. The van der Waals surface area contributed by atoms with Crippen molar-refractivity contribution in [1.29, 1.82) is 0 Å². The van der Waals surface area contributed by atoms with Crippen molar-refractivity contribution in [2.45, 2.75) is 69.8 Å². The quantitative estimate of drug-likeness (QED) is 0.0989. The summed E-state index contributed by atoms with van der Waals surface area (Å²) in [6, 6.07) is 30.5. The molecule has 3 aliphatic rings. The largest absolute Gasteiger partial charge is 0.453 e. The number of ether oxygens (including phenoxy) is 3. The van der Waals surface area contributed by atoms with Crippen LogP contribution in [-0.4, -0.2) is 99.3 Å². The molecular formula is C51H52N8O7. The van der Waals surface area contributed by atoms with E-state index in [9.17, 15) is 19.2 Å². The molecule has 10 rings (SSSR count). The number of carbonyl (C=O) groups excluding carboxylic acids is 4. The van der Waals surface area contributed by atoms with Gasteiger partial charge in [-0.25, -0.2) is 19.6 Å². The first-order valence-electron chi connectivity index (χ1n) is 22.7. The van der Waals surface area contributed by atoms with Crippen LogP contribution >= 0.6 is 0 Å². The Kier molecular flexibility index (Phi) is 11.6. The number of nitrogens with one attached hydrogen (secondary N) is 4. The fourth-order valence-corrected chi connectivity index (χ4v) is 9.60. The van der Waals surface area contributed by atoms with Gasteiger partial charge in [-0.05, 0) is 88.7 Å². The number of hydrogen-bond donors (Lipinski definition) is 4. The molecule has 5 aromatic carbocycles. The predicted molar refractivity (Wildman–Crippen MR) is 249 cm³/mol. The normalized spacial score (nSPS) is 18.4. The van der Waals surface area contributed by atoms with Crippen molar-refractivity contribution < 1.29 is 33.4 Å². The summed E-state index contributed by atoms with van der Waals surface area (Å²) in [7, 11) is 1.30. The van der Waals surface area contributed by atoms with Gasteiger partial charge in [0, 0.05) is 24.0 Å². The molecule has 4 amide bonds. The first-order valence-corrected chi connectivity index (χ1v) is 22.7. The molecule has 0 radical (unpaired) electrons. The van der Waals surface area contributed by atoms with E-state index in [4.69, 9.17) is 24.2 Å². The molecule has 5 heterocycles. The number of imidazole rings is 2. The van der Waals surface area contributed by atoms with Crippen LogP contribution in [0.5, 0.6) is 0 Å². The molecule has 3 aliphatic heterocycles. The molecule has 0 unspecified atom stereocenters. The highest BCUT2D eigenvalue weighted by atomic mass is 16.6. The summed E-state index contributed by atoms with van der Waals surface area (Å²) in [6.45, 7) is 5.65. The van der Waals surface area contributed by atoms with Crippen molar-refractivity contribution >= 4 is 56.6 Å². The Labute approximate surface area is 381 Å². The summed E-state index contributed by atoms with van der Waals surface area (Å²) < 4.78 is 15.4. The number of aromatic amines is 2. The maximum Gasteiger partial charge on any atom is 0.408 e. The Bertz CT molecular complexity index is 2960. The molecule has 2 aromatic heterocycles. The molecule has 3 saturated heterocycles. The van der Waals surface area contributed by atoms with E-state index in [0.717, 1.165) is 86.5 Å². The summed E-state index contributed by atoms with van der Waals surface area (Å²) in [4.78, 5) is 73.4. The zero-order valence-corrected chi connectivity index (χ0v) is 37.1. The summed E-state index contributed by atoms with van der Waals surface area (Å²) in [6.07, 6.45) is 3.40. The fraction of sp³-hybridized carbons (Fsp3) is 0.333. The van der Waals surface area contributed by atoms with Crippen molar-refractivity contribution in [2.24, 2.45) is 5.92 Å². The standard InChI is InChI=1S/C51H52N8O7/c1-29(2)43(56-50(62)64-3)48(60)59-22-8-12-42(59)47-53-39-20-18-35-24-34(17-19-38(35)45(39)55-47)31-13-14-33-25-36(16-15-32(33)23-31)40-26-52-46(54-40)41-11-7-21-58(41)49(61)44(30-9-5-4-6-10-30)57-51(63)66-37-27-65-28-37/h4-6,9-10,13-20,23-26,29,37,41-44H,7-8,11-12,21-22,27-28H2,1-3H3,(H,52,54)(H,53,55)(H,56,62)(H,57,63)/t41-,42-,43-,44+/m0/s1. The Balaban J connectivity index is 0.849. The smallest absolute Gasteiger partial charge is 0.408 e. The van der Waals surface area contributed by atoms with E-state index >= 15 is 0 Å². The molecule has 15 heteroatoms. The average Bonchev–Trinajstić information content (AvgIpc) is 4.17. The zero-order valence-electron chi connectivity index (χ0n) is 37.1. The second kappa shape index (κ2) is 18.0. The van der Waals surface area contributed by atoms with Gasteiger partial charge >= 0.3 is 12.2 Å². The summed E-state index contributed by atoms with van der Waals surface area (Å²) >= 11 is 0. The van der Waals surface area contributed by atoms with Crippen LogP contribution < -0.4 is 10.6 Å².